The molecule has 2 rings (SSSR count). The topological polar surface area (TPSA) is 82.3 Å². The van der Waals surface area contributed by atoms with Gasteiger partial charge in [0.25, 0.3) is 0 Å². The summed E-state index contributed by atoms with van der Waals surface area (Å²) in [6.07, 6.45) is 0.935. The van der Waals surface area contributed by atoms with Gasteiger partial charge in [-0.3, -0.25) is 5.43 Å². The Morgan fingerprint density at radius 1 is 1.20 bits per heavy atom. The van der Waals surface area contributed by atoms with Crippen molar-refractivity contribution >= 4 is 5.95 Å². The summed E-state index contributed by atoms with van der Waals surface area (Å²) >= 11 is 0. The molecule has 0 saturated heterocycles. The van der Waals surface area contributed by atoms with Crippen LogP contribution < -0.4 is 20.7 Å². The molecule has 0 radical (unpaired) electrons. The Kier molecular flexibility index (Phi) is 4.37. The molecule has 0 aliphatic heterocycles. The zero-order chi connectivity index (χ0) is 14.5. The summed E-state index contributed by atoms with van der Waals surface area (Å²) in [6.45, 7) is 3.93. The molecule has 1 aromatic heterocycles. The number of hydrazine groups is 1. The molecule has 0 atom stereocenters. The first-order chi connectivity index (χ1) is 9.66. The van der Waals surface area contributed by atoms with Gasteiger partial charge < -0.3 is 9.47 Å². The summed E-state index contributed by atoms with van der Waals surface area (Å²) in [4.78, 5) is 8.25. The lowest BCUT2D eigenvalue weighted by Crippen LogP contribution is -2.11. The molecule has 1 aromatic carbocycles. The number of aromatic nitrogens is 2. The maximum Gasteiger partial charge on any atom is 0.240 e. The van der Waals surface area contributed by atoms with E-state index in [4.69, 9.17) is 15.3 Å². The van der Waals surface area contributed by atoms with Crippen LogP contribution in [0.5, 0.6) is 17.4 Å². The summed E-state index contributed by atoms with van der Waals surface area (Å²) in [5.41, 5.74) is 4.34. The molecule has 6 heteroatoms. The first-order valence-corrected chi connectivity index (χ1v) is 6.33. The van der Waals surface area contributed by atoms with E-state index in [1.807, 2.05) is 25.1 Å². The molecule has 106 valence electrons. The number of anilines is 1. The second-order valence-electron chi connectivity index (χ2n) is 4.26. The van der Waals surface area contributed by atoms with Crippen molar-refractivity contribution in [2.75, 3.05) is 12.5 Å². The first kappa shape index (κ1) is 14.1. The molecule has 0 aliphatic rings. The summed E-state index contributed by atoms with van der Waals surface area (Å²) in [5.74, 6) is 7.31. The Morgan fingerprint density at radius 2 is 2.00 bits per heavy atom. The predicted octanol–water partition coefficient (Wildman–Crippen LogP) is 2.43. The fourth-order valence-electron chi connectivity index (χ4n) is 1.79. The van der Waals surface area contributed by atoms with Crippen molar-refractivity contribution in [2.24, 2.45) is 5.84 Å². The van der Waals surface area contributed by atoms with Gasteiger partial charge in [-0.15, -0.1) is 0 Å². The van der Waals surface area contributed by atoms with Crippen molar-refractivity contribution in [1.29, 1.82) is 0 Å². The summed E-state index contributed by atoms with van der Waals surface area (Å²) in [5, 5.41) is 0. The quantitative estimate of drug-likeness (QED) is 0.643. The number of nitrogens with zero attached hydrogens (tertiary/aromatic N) is 2. The highest BCUT2D eigenvalue weighted by molar-refractivity contribution is 5.45. The van der Waals surface area contributed by atoms with E-state index in [9.17, 15) is 0 Å². The molecule has 0 aliphatic carbocycles. The zero-order valence-electron chi connectivity index (χ0n) is 11.8. The van der Waals surface area contributed by atoms with Crippen molar-refractivity contribution in [2.45, 2.75) is 20.3 Å². The van der Waals surface area contributed by atoms with Gasteiger partial charge in [0.1, 0.15) is 0 Å². The van der Waals surface area contributed by atoms with Crippen LogP contribution in [-0.4, -0.2) is 17.1 Å². The van der Waals surface area contributed by atoms with E-state index in [2.05, 4.69) is 22.3 Å². The number of nitrogens with one attached hydrogen (secondary N) is 1. The molecule has 1 heterocycles. The normalized spacial score (nSPS) is 10.2. The van der Waals surface area contributed by atoms with Gasteiger partial charge in [0.15, 0.2) is 11.5 Å². The second kappa shape index (κ2) is 6.21. The third-order valence-electron chi connectivity index (χ3n) is 2.81. The molecular formula is C14H18N4O2. The molecule has 0 amide bonds. The van der Waals surface area contributed by atoms with Crippen LogP contribution >= 0.6 is 0 Å². The van der Waals surface area contributed by atoms with Gasteiger partial charge in [-0.1, -0.05) is 13.0 Å². The Bertz CT molecular complexity index is 602. The van der Waals surface area contributed by atoms with E-state index in [1.165, 1.54) is 5.56 Å². The third kappa shape index (κ3) is 3.16. The molecule has 2 aromatic rings. The Hall–Kier alpha value is -2.34. The van der Waals surface area contributed by atoms with Crippen molar-refractivity contribution in [1.82, 2.24) is 9.97 Å². The second-order valence-corrected chi connectivity index (χ2v) is 4.26. The minimum Gasteiger partial charge on any atom is -0.493 e. The molecule has 6 nitrogen and oxygen atoms in total. The predicted molar refractivity (Wildman–Crippen MR) is 77.0 cm³/mol. The number of aryl methyl sites for hydroxylation is 2. The smallest absolute Gasteiger partial charge is 0.240 e. The van der Waals surface area contributed by atoms with Crippen molar-refractivity contribution in [3.8, 4) is 17.4 Å². The number of ether oxygens (including phenoxy) is 2. The van der Waals surface area contributed by atoms with Crippen LogP contribution in [0.4, 0.5) is 5.95 Å². The number of methoxy groups -OCH3 is 1. The first-order valence-electron chi connectivity index (χ1n) is 6.33. The van der Waals surface area contributed by atoms with Crippen LogP contribution in [0.3, 0.4) is 0 Å². The standard InChI is InChI=1S/C14H18N4O2/c1-4-10-5-6-11(12(8-10)19-3)20-13-7-9(2)16-14(17-13)18-15/h5-8H,4,15H2,1-3H3,(H,16,17,18). The van der Waals surface area contributed by atoms with Crippen LogP contribution in [0.2, 0.25) is 0 Å². The number of rotatable bonds is 5. The third-order valence-corrected chi connectivity index (χ3v) is 2.81. The number of hydrogen-bond acceptors (Lipinski definition) is 6. The highest BCUT2D eigenvalue weighted by Crippen LogP contribution is 2.32. The maximum atomic E-state index is 5.75. The minimum absolute atomic E-state index is 0.309. The summed E-state index contributed by atoms with van der Waals surface area (Å²) in [7, 11) is 1.61. The van der Waals surface area contributed by atoms with Gasteiger partial charge in [-0.2, -0.15) is 4.98 Å². The van der Waals surface area contributed by atoms with E-state index in [0.29, 0.717) is 23.3 Å². The lowest BCUT2D eigenvalue weighted by atomic mass is 10.1. The minimum atomic E-state index is 0.309. The number of nitrogens with two attached hydrogens (primary N) is 1. The average molecular weight is 274 g/mol. The number of benzene rings is 1. The van der Waals surface area contributed by atoms with Gasteiger partial charge in [-0.05, 0) is 31.0 Å². The lowest BCUT2D eigenvalue weighted by molar-refractivity contribution is 0.373. The molecule has 0 fully saturated rings. The van der Waals surface area contributed by atoms with Gasteiger partial charge in [0.2, 0.25) is 11.8 Å². The molecular weight excluding hydrogens is 256 g/mol. The molecule has 0 bridgehead atoms. The summed E-state index contributed by atoms with van der Waals surface area (Å²) < 4.78 is 11.1. The largest absolute Gasteiger partial charge is 0.493 e. The van der Waals surface area contributed by atoms with Gasteiger partial charge in [0.05, 0.1) is 7.11 Å². The van der Waals surface area contributed by atoms with Crippen molar-refractivity contribution in [3.63, 3.8) is 0 Å². The molecule has 0 saturated carbocycles. The van der Waals surface area contributed by atoms with Crippen LogP contribution in [0.1, 0.15) is 18.2 Å². The highest BCUT2D eigenvalue weighted by Gasteiger charge is 2.09. The Morgan fingerprint density at radius 3 is 2.65 bits per heavy atom. The fourth-order valence-corrected chi connectivity index (χ4v) is 1.79. The van der Waals surface area contributed by atoms with E-state index in [1.54, 1.807) is 13.2 Å². The number of nitrogen functional groups attached to an aromatic ring is 1. The lowest BCUT2D eigenvalue weighted by Gasteiger charge is -2.11. The van der Waals surface area contributed by atoms with E-state index in [0.717, 1.165) is 12.1 Å². The highest BCUT2D eigenvalue weighted by atomic mass is 16.5. The van der Waals surface area contributed by atoms with E-state index in [-0.39, 0.29) is 0 Å². The number of hydrogen-bond donors (Lipinski definition) is 2. The monoisotopic (exact) mass is 274 g/mol. The van der Waals surface area contributed by atoms with Gasteiger partial charge >= 0.3 is 0 Å². The molecule has 0 spiro atoms. The Balaban J connectivity index is 2.31. The average Bonchev–Trinajstić information content (AvgIpc) is 2.47. The van der Waals surface area contributed by atoms with Gasteiger partial charge in [0, 0.05) is 11.8 Å². The SMILES string of the molecule is CCc1ccc(Oc2cc(C)nc(NN)n2)c(OC)c1. The van der Waals surface area contributed by atoms with Crippen LogP contribution in [0.25, 0.3) is 0 Å². The van der Waals surface area contributed by atoms with E-state index >= 15 is 0 Å². The van der Waals surface area contributed by atoms with Crippen LogP contribution in [0, 0.1) is 6.92 Å². The van der Waals surface area contributed by atoms with Gasteiger partial charge in [-0.25, -0.2) is 10.8 Å². The molecule has 0 unspecified atom stereocenters. The fraction of sp³-hybridized carbons (Fsp3) is 0.286. The van der Waals surface area contributed by atoms with Crippen LogP contribution in [0.15, 0.2) is 24.3 Å². The van der Waals surface area contributed by atoms with Crippen LogP contribution in [-0.2, 0) is 6.42 Å². The zero-order valence-corrected chi connectivity index (χ0v) is 11.8. The maximum absolute atomic E-state index is 5.75. The Labute approximate surface area is 117 Å². The summed E-state index contributed by atoms with van der Waals surface area (Å²) in [6, 6.07) is 7.54. The molecule has 20 heavy (non-hydrogen) atoms. The van der Waals surface area contributed by atoms with Crippen molar-refractivity contribution < 1.29 is 9.47 Å². The van der Waals surface area contributed by atoms with E-state index < -0.39 is 0 Å². The molecule has 3 N–H and O–H groups in total. The van der Waals surface area contributed by atoms with Crippen molar-refractivity contribution in [3.05, 3.63) is 35.5 Å².